The van der Waals surface area contributed by atoms with Crippen molar-refractivity contribution in [2.24, 2.45) is 0 Å². The molecule has 10 heteroatoms. The number of rotatable bonds is 13. The maximum absolute atomic E-state index is 16.7. The largest absolute Gasteiger partial charge is 0.508 e. The summed E-state index contributed by atoms with van der Waals surface area (Å²) in [6.45, 7) is 7.65. The summed E-state index contributed by atoms with van der Waals surface area (Å²) in [5, 5.41) is 12.0. The monoisotopic (exact) mass is 579 g/mol. The van der Waals surface area contributed by atoms with E-state index >= 15 is 4.39 Å². The van der Waals surface area contributed by atoms with E-state index in [4.69, 9.17) is 14.5 Å². The van der Waals surface area contributed by atoms with Crippen molar-refractivity contribution in [2.45, 2.75) is 58.4 Å². The molecule has 1 fully saturated rings. The van der Waals surface area contributed by atoms with Gasteiger partial charge in [-0.2, -0.15) is 9.97 Å². The number of aromatic hydroxyl groups is 1. The minimum Gasteiger partial charge on any atom is -0.508 e. The van der Waals surface area contributed by atoms with Gasteiger partial charge < -0.3 is 24.4 Å². The molecule has 0 unspecified atom stereocenters. The Bertz CT molecular complexity index is 1580. The molecular formula is C32H39F2N5O3. The zero-order chi connectivity index (χ0) is 30.0. The normalized spacial score (nSPS) is 14.2. The van der Waals surface area contributed by atoms with Crippen molar-refractivity contribution < 1.29 is 23.4 Å². The minimum atomic E-state index is -0.695. The van der Waals surface area contributed by atoms with Crippen molar-refractivity contribution >= 4 is 27.5 Å². The van der Waals surface area contributed by atoms with Crippen LogP contribution in [0.3, 0.4) is 0 Å². The average molecular weight is 580 g/mol. The van der Waals surface area contributed by atoms with Gasteiger partial charge in [-0.05, 0) is 81.2 Å². The zero-order valence-corrected chi connectivity index (χ0v) is 25.0. The summed E-state index contributed by atoms with van der Waals surface area (Å²) in [5.74, 6) is -0.679. The van der Waals surface area contributed by atoms with E-state index in [-0.39, 0.29) is 35.2 Å². The van der Waals surface area contributed by atoms with Gasteiger partial charge in [-0.1, -0.05) is 26.3 Å². The molecule has 0 aliphatic heterocycles. The maximum atomic E-state index is 16.7. The van der Waals surface area contributed by atoms with Crippen LogP contribution in [0.2, 0.25) is 0 Å². The second-order valence-corrected chi connectivity index (χ2v) is 11.1. The molecule has 5 rings (SSSR count). The second-order valence-electron chi connectivity index (χ2n) is 11.1. The molecule has 8 nitrogen and oxygen atoms in total. The number of aryl methyl sites for hydroxylation is 1. The second kappa shape index (κ2) is 12.3. The molecule has 1 saturated carbocycles. The summed E-state index contributed by atoms with van der Waals surface area (Å²) in [7, 11) is 4.03. The Morgan fingerprint density at radius 1 is 1.07 bits per heavy atom. The maximum Gasteiger partial charge on any atom is 0.319 e. The molecule has 2 aromatic carbocycles. The topological polar surface area (TPSA) is 83.8 Å². The summed E-state index contributed by atoms with van der Waals surface area (Å²) >= 11 is 0. The van der Waals surface area contributed by atoms with Crippen molar-refractivity contribution in [1.29, 1.82) is 0 Å². The third kappa shape index (κ3) is 5.70. The Balaban J connectivity index is 1.71. The van der Waals surface area contributed by atoms with Gasteiger partial charge in [0.25, 0.3) is 0 Å². The first-order valence-electron chi connectivity index (χ1n) is 14.7. The highest BCUT2D eigenvalue weighted by Crippen LogP contribution is 2.41. The number of hydrogen-bond acceptors (Lipinski definition) is 8. The van der Waals surface area contributed by atoms with E-state index in [2.05, 4.69) is 21.8 Å². The quantitative estimate of drug-likeness (QED) is 0.181. The molecule has 1 N–H and O–H groups in total. The molecule has 1 aliphatic rings. The Labute approximate surface area is 245 Å². The molecule has 0 saturated heterocycles. The number of phenolic OH excluding ortho intramolecular Hbond substituents is 1. The van der Waals surface area contributed by atoms with E-state index < -0.39 is 11.6 Å². The van der Waals surface area contributed by atoms with Crippen molar-refractivity contribution in [1.82, 2.24) is 19.9 Å². The number of ether oxygens (including phenoxy) is 2. The van der Waals surface area contributed by atoms with Gasteiger partial charge in [0.2, 0.25) is 0 Å². The number of pyridine rings is 1. The molecule has 0 bridgehead atoms. The summed E-state index contributed by atoms with van der Waals surface area (Å²) in [6, 6.07) is 5.98. The van der Waals surface area contributed by atoms with E-state index in [0.717, 1.165) is 25.7 Å². The Kier molecular flexibility index (Phi) is 8.75. The van der Waals surface area contributed by atoms with Gasteiger partial charge >= 0.3 is 6.01 Å². The van der Waals surface area contributed by atoms with E-state index in [1.807, 2.05) is 32.8 Å². The lowest BCUT2D eigenvalue weighted by Gasteiger charge is -2.26. The van der Waals surface area contributed by atoms with Gasteiger partial charge in [-0.3, -0.25) is 4.98 Å². The van der Waals surface area contributed by atoms with Crippen LogP contribution in [0, 0.1) is 11.6 Å². The number of likely N-dealkylation sites (N-methyl/N-ethyl adjacent to an activating group) is 1. The highest BCUT2D eigenvalue weighted by molar-refractivity contribution is 6.01. The van der Waals surface area contributed by atoms with Crippen molar-refractivity contribution in [3.63, 3.8) is 0 Å². The van der Waals surface area contributed by atoms with Crippen molar-refractivity contribution in [3.8, 4) is 23.0 Å². The van der Waals surface area contributed by atoms with Gasteiger partial charge in [-0.15, -0.1) is 0 Å². The molecule has 2 aromatic heterocycles. The van der Waals surface area contributed by atoms with Crippen LogP contribution in [-0.4, -0.2) is 71.1 Å². The predicted octanol–water partition coefficient (Wildman–Crippen LogP) is 6.46. The molecule has 224 valence electrons. The highest BCUT2D eigenvalue weighted by Gasteiger charge is 2.46. The first-order valence-corrected chi connectivity index (χ1v) is 14.7. The lowest BCUT2D eigenvalue weighted by molar-refractivity contribution is 0.145. The van der Waals surface area contributed by atoms with Gasteiger partial charge in [-0.25, -0.2) is 8.78 Å². The standard InChI is InChI=1S/C32H39F2N5O3/c1-6-9-14-39(19-41-8-3)30-24-17-35-28(23-16-21(40)15-20-10-11-25(33)22(7-2)26(20)23)27(34)29(24)36-31(37-30)42-18-32(12-13-32)38(4)5/h10-11,15-17,40H,6-9,12-14,18-19H2,1-5H3. The molecule has 0 spiro atoms. The van der Waals surface area contributed by atoms with Crippen LogP contribution < -0.4 is 9.64 Å². The lowest BCUT2D eigenvalue weighted by atomic mass is 9.94. The van der Waals surface area contributed by atoms with Gasteiger partial charge in [0.1, 0.15) is 41.9 Å². The first-order chi connectivity index (χ1) is 20.2. The Hall–Kier alpha value is -3.63. The summed E-state index contributed by atoms with van der Waals surface area (Å²) in [4.78, 5) is 17.9. The average Bonchev–Trinajstić information content (AvgIpc) is 3.78. The number of anilines is 1. The molecular weight excluding hydrogens is 540 g/mol. The smallest absolute Gasteiger partial charge is 0.319 e. The van der Waals surface area contributed by atoms with Crippen molar-refractivity contribution in [2.75, 3.05) is 45.5 Å². The number of phenols is 1. The fraction of sp³-hybridized carbons (Fsp3) is 0.469. The molecule has 2 heterocycles. The number of halogens is 2. The molecule has 42 heavy (non-hydrogen) atoms. The fourth-order valence-electron chi connectivity index (χ4n) is 5.39. The van der Waals surface area contributed by atoms with Crippen LogP contribution in [0.4, 0.5) is 14.6 Å². The van der Waals surface area contributed by atoms with E-state index in [1.54, 1.807) is 18.3 Å². The molecule has 4 aromatic rings. The number of aromatic nitrogens is 3. The lowest BCUT2D eigenvalue weighted by Crippen LogP contribution is -2.36. The van der Waals surface area contributed by atoms with Crippen molar-refractivity contribution in [3.05, 3.63) is 47.7 Å². The van der Waals surface area contributed by atoms with Gasteiger partial charge in [0, 0.05) is 24.9 Å². The van der Waals surface area contributed by atoms with E-state index in [9.17, 15) is 9.50 Å². The number of hydrogen-bond donors (Lipinski definition) is 1. The van der Waals surface area contributed by atoms with Crippen LogP contribution in [0.25, 0.3) is 32.9 Å². The fourth-order valence-corrected chi connectivity index (χ4v) is 5.39. The van der Waals surface area contributed by atoms with Crippen LogP contribution in [0.15, 0.2) is 30.5 Å². The number of benzene rings is 2. The number of fused-ring (bicyclic) bond motifs is 2. The molecule has 1 aliphatic carbocycles. The minimum absolute atomic E-state index is 0.0313. The highest BCUT2D eigenvalue weighted by atomic mass is 19.1. The van der Waals surface area contributed by atoms with Gasteiger partial charge in [0.05, 0.1) is 10.9 Å². The zero-order valence-electron chi connectivity index (χ0n) is 25.0. The first kappa shape index (κ1) is 29.8. The van der Waals surface area contributed by atoms with Crippen LogP contribution in [0.5, 0.6) is 11.8 Å². The third-order valence-electron chi connectivity index (χ3n) is 8.18. The van der Waals surface area contributed by atoms with E-state index in [0.29, 0.717) is 59.3 Å². The Morgan fingerprint density at radius 3 is 2.52 bits per heavy atom. The third-order valence-corrected chi connectivity index (χ3v) is 8.18. The van der Waals surface area contributed by atoms with Crippen LogP contribution >= 0.6 is 0 Å². The predicted molar refractivity (Wildman–Crippen MR) is 161 cm³/mol. The summed E-state index contributed by atoms with van der Waals surface area (Å²) < 4.78 is 43.4. The Morgan fingerprint density at radius 2 is 1.86 bits per heavy atom. The molecule has 0 radical (unpaired) electrons. The molecule has 0 atom stereocenters. The SMILES string of the molecule is CCCCN(COCC)c1nc(OCC2(N(C)C)CC2)nc2c(F)c(-c3cc(O)cc4ccc(F)c(CC)c34)ncc12. The number of unbranched alkanes of at least 4 members (excludes halogenated alkanes) is 1. The summed E-state index contributed by atoms with van der Waals surface area (Å²) in [5.41, 5.74) is 0.645. The van der Waals surface area contributed by atoms with Crippen LogP contribution in [-0.2, 0) is 11.2 Å². The summed E-state index contributed by atoms with van der Waals surface area (Å²) in [6.07, 6.45) is 5.76. The van der Waals surface area contributed by atoms with Gasteiger partial charge in [0.15, 0.2) is 5.82 Å². The number of nitrogens with zero attached hydrogens (tertiary/aromatic N) is 5. The van der Waals surface area contributed by atoms with E-state index in [1.165, 1.54) is 12.1 Å². The molecule has 0 amide bonds. The van der Waals surface area contributed by atoms with Crippen LogP contribution in [0.1, 0.15) is 52.0 Å².